The lowest BCUT2D eigenvalue weighted by atomic mass is 9.97. The monoisotopic (exact) mass is 466 g/mol. The molecule has 0 radical (unpaired) electrons. The van der Waals surface area contributed by atoms with Crippen molar-refractivity contribution in [1.82, 2.24) is 4.98 Å². The summed E-state index contributed by atoms with van der Waals surface area (Å²) in [5.74, 6) is -2.56. The predicted octanol–water partition coefficient (Wildman–Crippen LogP) is 4.92. The number of benzene rings is 2. The fourth-order valence-corrected chi connectivity index (χ4v) is 3.74. The zero-order chi connectivity index (χ0) is 21.4. The normalized spacial score (nSPS) is 18.1. The van der Waals surface area contributed by atoms with Crippen molar-refractivity contribution >= 4 is 39.1 Å². The lowest BCUT2D eigenvalue weighted by molar-refractivity contribution is -0.132. The Bertz CT molecular complexity index is 1190. The Morgan fingerprint density at radius 1 is 1.10 bits per heavy atom. The lowest BCUT2D eigenvalue weighted by Gasteiger charge is -2.24. The van der Waals surface area contributed by atoms with Crippen LogP contribution in [0.25, 0.3) is 5.76 Å². The van der Waals surface area contributed by atoms with Gasteiger partial charge in [-0.15, -0.1) is 0 Å². The zero-order valence-corrected chi connectivity index (χ0v) is 17.4. The molecule has 1 atom stereocenters. The first-order valence-electron chi connectivity index (χ1n) is 9.12. The van der Waals surface area contributed by atoms with Crippen LogP contribution in [0.1, 0.15) is 22.9 Å². The van der Waals surface area contributed by atoms with E-state index >= 15 is 0 Å². The van der Waals surface area contributed by atoms with Crippen LogP contribution in [-0.2, 0) is 9.59 Å². The molecular formula is C23H16BrFN2O3. The van der Waals surface area contributed by atoms with E-state index in [-0.39, 0.29) is 17.0 Å². The summed E-state index contributed by atoms with van der Waals surface area (Å²) in [6.07, 6.45) is 1.53. The van der Waals surface area contributed by atoms with Crippen LogP contribution in [0.5, 0.6) is 0 Å². The third-order valence-corrected chi connectivity index (χ3v) is 5.82. The van der Waals surface area contributed by atoms with E-state index in [1.165, 1.54) is 35.4 Å². The minimum Gasteiger partial charge on any atom is -0.507 e. The van der Waals surface area contributed by atoms with Gasteiger partial charge in [0.1, 0.15) is 17.6 Å². The Hall–Kier alpha value is -3.32. The largest absolute Gasteiger partial charge is 0.507 e. The molecule has 1 aromatic heterocycles. The van der Waals surface area contributed by atoms with Gasteiger partial charge >= 0.3 is 0 Å². The number of aliphatic hydroxyl groups is 1. The highest BCUT2D eigenvalue weighted by atomic mass is 79.9. The van der Waals surface area contributed by atoms with E-state index in [4.69, 9.17) is 0 Å². The number of amides is 1. The fourth-order valence-electron chi connectivity index (χ4n) is 3.49. The molecule has 0 bridgehead atoms. The second kappa shape index (κ2) is 7.84. The molecule has 0 saturated carbocycles. The first kappa shape index (κ1) is 20.0. The van der Waals surface area contributed by atoms with Gasteiger partial charge in [-0.25, -0.2) is 4.39 Å². The van der Waals surface area contributed by atoms with Gasteiger partial charge in [0.05, 0.1) is 11.3 Å². The van der Waals surface area contributed by atoms with Gasteiger partial charge < -0.3 is 5.11 Å². The fraction of sp³-hybridized carbons (Fsp3) is 0.0870. The molecule has 30 heavy (non-hydrogen) atoms. The van der Waals surface area contributed by atoms with E-state index in [0.717, 1.165) is 10.0 Å². The number of halogens is 2. The van der Waals surface area contributed by atoms with E-state index in [9.17, 15) is 19.1 Å². The van der Waals surface area contributed by atoms with E-state index < -0.39 is 23.5 Å². The highest BCUT2D eigenvalue weighted by Gasteiger charge is 2.47. The molecule has 1 saturated heterocycles. The average Bonchev–Trinajstić information content (AvgIpc) is 3.01. The van der Waals surface area contributed by atoms with Crippen molar-refractivity contribution in [3.8, 4) is 0 Å². The van der Waals surface area contributed by atoms with E-state index in [0.29, 0.717) is 11.3 Å². The highest BCUT2D eigenvalue weighted by molar-refractivity contribution is 9.10. The van der Waals surface area contributed by atoms with Gasteiger partial charge in [0.15, 0.2) is 0 Å². The first-order valence-corrected chi connectivity index (χ1v) is 9.92. The molecule has 5 nitrogen and oxygen atoms in total. The Kier molecular flexibility index (Phi) is 5.22. The second-order valence-corrected chi connectivity index (χ2v) is 7.72. The van der Waals surface area contributed by atoms with Crippen molar-refractivity contribution in [2.24, 2.45) is 0 Å². The van der Waals surface area contributed by atoms with Crippen LogP contribution in [-0.4, -0.2) is 21.8 Å². The summed E-state index contributed by atoms with van der Waals surface area (Å²) in [5.41, 5.74) is 1.75. The van der Waals surface area contributed by atoms with Gasteiger partial charge in [-0.1, -0.05) is 34.1 Å². The average molecular weight is 467 g/mol. The number of pyridine rings is 1. The van der Waals surface area contributed by atoms with Crippen LogP contribution in [0.3, 0.4) is 0 Å². The van der Waals surface area contributed by atoms with E-state index in [2.05, 4.69) is 20.9 Å². The Morgan fingerprint density at radius 3 is 2.57 bits per heavy atom. The Balaban J connectivity index is 1.95. The Labute approximate surface area is 180 Å². The maximum absolute atomic E-state index is 13.9. The summed E-state index contributed by atoms with van der Waals surface area (Å²) in [6.45, 7) is 1.85. The number of ketones is 1. The van der Waals surface area contributed by atoms with E-state index in [1.807, 2.05) is 6.92 Å². The van der Waals surface area contributed by atoms with Crippen LogP contribution in [0.2, 0.25) is 0 Å². The molecule has 1 unspecified atom stereocenters. The molecule has 0 spiro atoms. The quantitative estimate of drug-likeness (QED) is 0.338. The molecular weight excluding hydrogens is 451 g/mol. The van der Waals surface area contributed by atoms with Gasteiger partial charge in [0.2, 0.25) is 0 Å². The number of hydrogen-bond donors (Lipinski definition) is 1. The summed E-state index contributed by atoms with van der Waals surface area (Å²) in [5, 5.41) is 11.0. The number of aliphatic hydroxyl groups excluding tert-OH is 1. The molecule has 1 aliphatic heterocycles. The maximum atomic E-state index is 13.9. The number of rotatable bonds is 3. The molecule has 7 heteroatoms. The van der Waals surface area contributed by atoms with Crippen molar-refractivity contribution in [2.45, 2.75) is 13.0 Å². The molecule has 1 amide bonds. The molecule has 150 valence electrons. The van der Waals surface area contributed by atoms with Gasteiger partial charge in [-0.3, -0.25) is 19.5 Å². The SMILES string of the molecule is Cc1cc(/C(O)=C2\C(=O)C(=O)N(c3cccc(F)c3)C2c2ccccn2)ccc1Br. The highest BCUT2D eigenvalue weighted by Crippen LogP contribution is 2.41. The summed E-state index contributed by atoms with van der Waals surface area (Å²) < 4.78 is 14.7. The summed E-state index contributed by atoms with van der Waals surface area (Å²) in [7, 11) is 0. The van der Waals surface area contributed by atoms with Gasteiger partial charge in [0.25, 0.3) is 11.7 Å². The number of Topliss-reactive ketones (excluding diaryl/α,β-unsaturated/α-hetero) is 1. The predicted molar refractivity (Wildman–Crippen MR) is 114 cm³/mol. The standard InChI is InChI=1S/C23H16BrFN2O3/c1-13-11-14(8-9-17(13)24)21(28)19-20(18-7-2-3-10-26-18)27(23(30)22(19)29)16-6-4-5-15(25)12-16/h2-12,20,28H,1H3/b21-19+. The molecule has 3 aromatic rings. The number of carbonyl (C=O) groups excluding carboxylic acids is 2. The smallest absolute Gasteiger partial charge is 0.300 e. The van der Waals surface area contributed by atoms with Crippen molar-refractivity contribution in [1.29, 1.82) is 0 Å². The number of hydrogen-bond acceptors (Lipinski definition) is 4. The number of nitrogens with zero attached hydrogens (tertiary/aromatic N) is 2. The molecule has 2 heterocycles. The lowest BCUT2D eigenvalue weighted by Crippen LogP contribution is -2.29. The van der Waals surface area contributed by atoms with Gasteiger partial charge in [-0.05, 0) is 55.0 Å². The number of anilines is 1. The zero-order valence-electron chi connectivity index (χ0n) is 15.8. The van der Waals surface area contributed by atoms with Crippen LogP contribution < -0.4 is 4.90 Å². The molecule has 1 fully saturated rings. The first-order chi connectivity index (χ1) is 14.4. The van der Waals surface area contributed by atoms with Crippen molar-refractivity contribution in [3.05, 3.63) is 99.5 Å². The third kappa shape index (κ3) is 3.41. The third-order valence-electron chi connectivity index (χ3n) is 4.93. The summed E-state index contributed by atoms with van der Waals surface area (Å²) in [6, 6.07) is 14.6. The number of aromatic nitrogens is 1. The van der Waals surface area contributed by atoms with Gasteiger partial charge in [-0.2, -0.15) is 0 Å². The van der Waals surface area contributed by atoms with Crippen LogP contribution in [0.15, 0.2) is 76.9 Å². The molecule has 0 aliphatic carbocycles. The topological polar surface area (TPSA) is 70.5 Å². The molecule has 2 aromatic carbocycles. The van der Waals surface area contributed by atoms with Crippen LogP contribution in [0.4, 0.5) is 10.1 Å². The van der Waals surface area contributed by atoms with E-state index in [1.54, 1.807) is 36.4 Å². The van der Waals surface area contributed by atoms with Crippen LogP contribution >= 0.6 is 15.9 Å². The summed E-state index contributed by atoms with van der Waals surface area (Å²) >= 11 is 3.41. The van der Waals surface area contributed by atoms with Crippen molar-refractivity contribution in [3.63, 3.8) is 0 Å². The van der Waals surface area contributed by atoms with Crippen molar-refractivity contribution in [2.75, 3.05) is 4.90 Å². The van der Waals surface area contributed by atoms with Gasteiger partial charge in [0, 0.05) is 21.9 Å². The minimum absolute atomic E-state index is 0.0929. The molecule has 1 N–H and O–H groups in total. The van der Waals surface area contributed by atoms with Crippen LogP contribution in [0, 0.1) is 12.7 Å². The summed E-state index contributed by atoms with van der Waals surface area (Å²) in [4.78, 5) is 31.4. The maximum Gasteiger partial charge on any atom is 0.300 e. The number of carbonyl (C=O) groups is 2. The Morgan fingerprint density at radius 2 is 1.90 bits per heavy atom. The molecule has 1 aliphatic rings. The second-order valence-electron chi connectivity index (χ2n) is 6.87. The minimum atomic E-state index is -0.989. The number of aryl methyl sites for hydroxylation is 1. The van der Waals surface area contributed by atoms with Crippen molar-refractivity contribution < 1.29 is 19.1 Å². The molecule has 4 rings (SSSR count).